The second-order valence-electron chi connectivity index (χ2n) is 15.9. The zero-order valence-corrected chi connectivity index (χ0v) is 32.0. The van der Waals surface area contributed by atoms with E-state index in [1.807, 2.05) is 0 Å². The monoisotopic (exact) mass is 746 g/mol. The van der Waals surface area contributed by atoms with Crippen molar-refractivity contribution in [1.82, 2.24) is 0 Å². The molecular weight excluding hydrogens is 713 g/mol. The van der Waals surface area contributed by atoms with Crippen LogP contribution in [0.5, 0.6) is 0 Å². The van der Waals surface area contributed by atoms with Gasteiger partial charge < -0.3 is 4.42 Å². The lowest BCUT2D eigenvalue weighted by Gasteiger charge is -2.20. The lowest BCUT2D eigenvalue weighted by molar-refractivity contribution is 0.676. The van der Waals surface area contributed by atoms with Crippen molar-refractivity contribution in [3.05, 3.63) is 206 Å². The molecule has 0 amide bonds. The molecule has 0 fully saturated rings. The number of hydrogen-bond acceptors (Lipinski definition) is 1. The molecule has 1 aromatic heterocycles. The van der Waals surface area contributed by atoms with Gasteiger partial charge in [0, 0.05) is 21.5 Å². The number of benzene rings is 12. The second kappa shape index (κ2) is 12.4. The van der Waals surface area contributed by atoms with Crippen LogP contribution in [0.2, 0.25) is 0 Å². The fourth-order valence-corrected chi connectivity index (χ4v) is 10.2. The smallest absolute Gasteiger partial charge is 0.143 e. The van der Waals surface area contributed by atoms with Gasteiger partial charge in [0.2, 0.25) is 0 Å². The molecule has 0 radical (unpaired) electrons. The molecule has 0 N–H and O–H groups in total. The molecule has 0 aliphatic rings. The molecule has 1 heterocycles. The van der Waals surface area contributed by atoms with Gasteiger partial charge >= 0.3 is 0 Å². The van der Waals surface area contributed by atoms with Gasteiger partial charge in [-0.3, -0.25) is 0 Å². The number of rotatable bonds is 3. The van der Waals surface area contributed by atoms with Gasteiger partial charge in [-0.25, -0.2) is 0 Å². The van der Waals surface area contributed by atoms with Crippen LogP contribution in [0.1, 0.15) is 0 Å². The third kappa shape index (κ3) is 4.67. The molecule has 1 nitrogen and oxygen atoms in total. The van der Waals surface area contributed by atoms with Crippen molar-refractivity contribution < 1.29 is 4.42 Å². The third-order valence-corrected chi connectivity index (χ3v) is 12.8. The van der Waals surface area contributed by atoms with Crippen LogP contribution in [-0.2, 0) is 0 Å². The normalized spacial score (nSPS) is 12.1. The van der Waals surface area contributed by atoms with E-state index in [9.17, 15) is 0 Å². The number of hydrogen-bond donors (Lipinski definition) is 0. The first-order valence-corrected chi connectivity index (χ1v) is 20.4. The average Bonchev–Trinajstić information content (AvgIpc) is 3.71. The molecule has 12 aromatic carbocycles. The minimum atomic E-state index is 0.941. The number of furan rings is 1. The molecule has 0 saturated heterocycles. The highest BCUT2D eigenvalue weighted by Crippen LogP contribution is 2.48. The highest BCUT2D eigenvalue weighted by Gasteiger charge is 2.21. The fraction of sp³-hybridized carbons (Fsp3) is 0. The summed E-state index contributed by atoms with van der Waals surface area (Å²) in [5, 5.41) is 19.5. The SMILES string of the molecule is c1ccc2cc(-c3c4ccccc4c(-c4ccc(-c5ccc6c(ccc7c6oc6c8ccccc8c8ccccc8c76)c5)c5ccccc45)c4ccccc34)ccc2c1. The Morgan fingerprint density at radius 3 is 1.42 bits per heavy atom. The number of fused-ring (bicyclic) bond motifs is 14. The first-order chi connectivity index (χ1) is 29.3. The van der Waals surface area contributed by atoms with Crippen molar-refractivity contribution in [3.63, 3.8) is 0 Å². The lowest BCUT2D eigenvalue weighted by Crippen LogP contribution is -1.92. The van der Waals surface area contributed by atoms with E-state index in [1.54, 1.807) is 0 Å². The predicted molar refractivity (Wildman–Crippen MR) is 253 cm³/mol. The van der Waals surface area contributed by atoms with Crippen LogP contribution in [0.25, 0.3) is 131 Å². The summed E-state index contributed by atoms with van der Waals surface area (Å²) >= 11 is 0. The molecule has 272 valence electrons. The Morgan fingerprint density at radius 2 is 0.712 bits per heavy atom. The highest BCUT2D eigenvalue weighted by atomic mass is 16.3. The Balaban J connectivity index is 1.01. The Labute approximate surface area is 340 Å². The first kappa shape index (κ1) is 32.4. The molecule has 0 saturated carbocycles. The topological polar surface area (TPSA) is 13.1 Å². The van der Waals surface area contributed by atoms with Gasteiger partial charge in [0.25, 0.3) is 0 Å². The lowest BCUT2D eigenvalue weighted by atomic mass is 9.83. The highest BCUT2D eigenvalue weighted by molar-refractivity contribution is 6.32. The van der Waals surface area contributed by atoms with Crippen LogP contribution in [-0.4, -0.2) is 0 Å². The maximum absolute atomic E-state index is 6.89. The first-order valence-electron chi connectivity index (χ1n) is 20.4. The van der Waals surface area contributed by atoms with Gasteiger partial charge in [0.1, 0.15) is 11.2 Å². The van der Waals surface area contributed by atoms with E-state index in [1.165, 1.54) is 98.0 Å². The molecule has 13 rings (SSSR count). The van der Waals surface area contributed by atoms with Crippen LogP contribution < -0.4 is 0 Å². The quantitative estimate of drug-likeness (QED) is 0.130. The van der Waals surface area contributed by atoms with Gasteiger partial charge in [0.15, 0.2) is 0 Å². The van der Waals surface area contributed by atoms with E-state index in [4.69, 9.17) is 4.42 Å². The van der Waals surface area contributed by atoms with Crippen molar-refractivity contribution in [2.45, 2.75) is 0 Å². The largest absolute Gasteiger partial charge is 0.455 e. The summed E-state index contributed by atoms with van der Waals surface area (Å²) in [7, 11) is 0. The molecule has 0 aliphatic carbocycles. The van der Waals surface area contributed by atoms with Gasteiger partial charge in [0.05, 0.1) is 0 Å². The van der Waals surface area contributed by atoms with Crippen molar-refractivity contribution >= 4 is 97.3 Å². The van der Waals surface area contributed by atoms with E-state index in [-0.39, 0.29) is 0 Å². The maximum Gasteiger partial charge on any atom is 0.143 e. The van der Waals surface area contributed by atoms with Gasteiger partial charge in [-0.2, -0.15) is 0 Å². The Bertz CT molecular complexity index is 3850. The van der Waals surface area contributed by atoms with E-state index in [2.05, 4.69) is 206 Å². The summed E-state index contributed by atoms with van der Waals surface area (Å²) in [4.78, 5) is 0. The molecule has 0 spiro atoms. The molecule has 13 aromatic rings. The molecular formula is C58H34O. The van der Waals surface area contributed by atoms with Crippen molar-refractivity contribution in [1.29, 1.82) is 0 Å². The fourth-order valence-electron chi connectivity index (χ4n) is 10.2. The van der Waals surface area contributed by atoms with Crippen molar-refractivity contribution in [2.24, 2.45) is 0 Å². The molecule has 0 aliphatic heterocycles. The summed E-state index contributed by atoms with van der Waals surface area (Å²) in [5.74, 6) is 0. The van der Waals surface area contributed by atoms with Crippen LogP contribution in [0, 0.1) is 0 Å². The second-order valence-corrected chi connectivity index (χ2v) is 15.9. The summed E-state index contributed by atoms with van der Waals surface area (Å²) in [5.41, 5.74) is 9.33. The van der Waals surface area contributed by atoms with Crippen LogP contribution >= 0.6 is 0 Å². The van der Waals surface area contributed by atoms with Crippen molar-refractivity contribution in [3.8, 4) is 33.4 Å². The van der Waals surface area contributed by atoms with Crippen molar-refractivity contribution in [2.75, 3.05) is 0 Å². The summed E-state index contributed by atoms with van der Waals surface area (Å²) in [6.45, 7) is 0. The minimum Gasteiger partial charge on any atom is -0.455 e. The summed E-state index contributed by atoms with van der Waals surface area (Å²) < 4.78 is 6.89. The van der Waals surface area contributed by atoms with Gasteiger partial charge in [-0.1, -0.05) is 182 Å². The third-order valence-electron chi connectivity index (χ3n) is 12.8. The molecule has 1 heteroatoms. The molecule has 0 unspecified atom stereocenters. The zero-order chi connectivity index (χ0) is 38.6. The van der Waals surface area contributed by atoms with Gasteiger partial charge in [-0.15, -0.1) is 0 Å². The predicted octanol–water partition coefficient (Wildman–Crippen LogP) is 16.7. The van der Waals surface area contributed by atoms with E-state index < -0.39 is 0 Å². The van der Waals surface area contributed by atoms with Gasteiger partial charge in [-0.05, 0) is 122 Å². The summed E-state index contributed by atoms with van der Waals surface area (Å²) in [6.07, 6.45) is 0. The zero-order valence-electron chi connectivity index (χ0n) is 32.0. The Kier molecular flexibility index (Phi) is 6.79. The Hall–Kier alpha value is -7.74. The molecule has 0 atom stereocenters. The summed E-state index contributed by atoms with van der Waals surface area (Å²) in [6, 6.07) is 75.8. The van der Waals surface area contributed by atoms with Crippen LogP contribution in [0.3, 0.4) is 0 Å². The van der Waals surface area contributed by atoms with E-state index >= 15 is 0 Å². The Morgan fingerprint density at radius 1 is 0.237 bits per heavy atom. The van der Waals surface area contributed by atoms with Crippen LogP contribution in [0.4, 0.5) is 0 Å². The standard InChI is InChI=1S/C58H34O/c1-2-14-36-33-39(26-25-35(36)13-1)54-47-20-8-10-22-49(47)55(50-23-11-9-21-48(50)54)51-32-31-40(42-15-3-4-16-43(42)51)37-27-29-41-38(34-37)28-30-53-56-46-19-7-5-17-44(46)45-18-6-12-24-52(45)58(56)59-57(41)53/h1-34H. The van der Waals surface area contributed by atoms with E-state index in [0.717, 1.165) is 32.7 Å². The molecule has 0 bridgehead atoms. The van der Waals surface area contributed by atoms with E-state index in [0.29, 0.717) is 0 Å². The molecule has 59 heavy (non-hydrogen) atoms. The van der Waals surface area contributed by atoms with Crippen LogP contribution in [0.15, 0.2) is 211 Å². The minimum absolute atomic E-state index is 0.941. The average molecular weight is 747 g/mol. The maximum atomic E-state index is 6.89.